The van der Waals surface area contributed by atoms with Crippen LogP contribution in [0, 0.1) is 11.6 Å². The largest absolute Gasteiger partial charge is 0.375 e. The molecule has 0 spiro atoms. The quantitative estimate of drug-likeness (QED) is 0.588. The Kier molecular flexibility index (Phi) is 7.89. The molecule has 0 radical (unpaired) electrons. The molecule has 152 valence electrons. The van der Waals surface area contributed by atoms with Crippen molar-refractivity contribution >= 4 is 21.6 Å². The second-order valence-corrected chi connectivity index (χ2v) is 7.95. The van der Waals surface area contributed by atoms with Gasteiger partial charge in [-0.05, 0) is 36.8 Å². The van der Waals surface area contributed by atoms with Crippen LogP contribution < -0.4 is 14.9 Å². The van der Waals surface area contributed by atoms with Gasteiger partial charge >= 0.3 is 0 Å². The van der Waals surface area contributed by atoms with Crippen molar-refractivity contribution in [3.8, 4) is 0 Å². The van der Waals surface area contributed by atoms with E-state index in [2.05, 4.69) is 14.9 Å². The van der Waals surface area contributed by atoms with Gasteiger partial charge in [-0.1, -0.05) is 18.2 Å². The van der Waals surface area contributed by atoms with Gasteiger partial charge in [-0.2, -0.15) is 0 Å². The first kappa shape index (κ1) is 21.8. The third-order valence-corrected chi connectivity index (χ3v) is 5.49. The summed E-state index contributed by atoms with van der Waals surface area (Å²) in [6, 6.07) is 12.1. The van der Waals surface area contributed by atoms with Crippen LogP contribution in [-0.2, 0) is 14.8 Å². The zero-order valence-electron chi connectivity index (χ0n) is 15.5. The molecule has 0 fully saturated rings. The minimum atomic E-state index is -4.01. The van der Waals surface area contributed by atoms with Crippen LogP contribution in [0.4, 0.5) is 14.5 Å². The fourth-order valence-corrected chi connectivity index (χ4v) is 3.51. The Balaban J connectivity index is 1.67. The molecule has 0 saturated carbocycles. The number of amides is 1. The summed E-state index contributed by atoms with van der Waals surface area (Å²) in [6.07, 6.45) is 0.676. The summed E-state index contributed by atoms with van der Waals surface area (Å²) in [5.74, 6) is -2.67. The SMILES string of the molecule is CN(CCCNC(=O)CCNS(=O)(=O)c1ccc(F)c(F)c1)c1ccccc1. The number of nitrogens with zero attached hydrogens (tertiary/aromatic N) is 1. The van der Waals surface area contributed by atoms with Crippen molar-refractivity contribution in [2.45, 2.75) is 17.7 Å². The minimum Gasteiger partial charge on any atom is -0.375 e. The van der Waals surface area contributed by atoms with E-state index in [4.69, 9.17) is 0 Å². The number of hydrogen-bond donors (Lipinski definition) is 2. The maximum atomic E-state index is 13.2. The molecule has 0 heterocycles. The maximum absolute atomic E-state index is 13.2. The minimum absolute atomic E-state index is 0.0581. The molecule has 2 aromatic rings. The number of halogens is 2. The van der Waals surface area contributed by atoms with Crippen molar-refractivity contribution in [1.82, 2.24) is 10.0 Å². The molecule has 0 aliphatic heterocycles. The van der Waals surface area contributed by atoms with E-state index in [-0.39, 0.29) is 18.9 Å². The standard InChI is InChI=1S/C19H23F2N3O3S/c1-24(15-6-3-2-4-7-15)13-5-11-22-19(25)10-12-23-28(26,27)16-8-9-17(20)18(21)14-16/h2-4,6-9,14,23H,5,10-13H2,1H3,(H,22,25). The van der Waals surface area contributed by atoms with Gasteiger partial charge in [-0.15, -0.1) is 0 Å². The van der Waals surface area contributed by atoms with Crippen molar-refractivity contribution in [3.05, 3.63) is 60.2 Å². The zero-order valence-corrected chi connectivity index (χ0v) is 16.3. The first-order chi connectivity index (χ1) is 13.3. The number of sulfonamides is 1. The first-order valence-electron chi connectivity index (χ1n) is 8.77. The van der Waals surface area contributed by atoms with Crippen molar-refractivity contribution in [2.24, 2.45) is 0 Å². The molecular weight excluding hydrogens is 388 g/mol. The lowest BCUT2D eigenvalue weighted by molar-refractivity contribution is -0.120. The Morgan fingerprint density at radius 1 is 1.04 bits per heavy atom. The van der Waals surface area contributed by atoms with Crippen molar-refractivity contribution in [2.75, 3.05) is 31.6 Å². The number of carbonyl (C=O) groups is 1. The topological polar surface area (TPSA) is 78.5 Å². The summed E-state index contributed by atoms with van der Waals surface area (Å²) in [5.41, 5.74) is 1.08. The Morgan fingerprint density at radius 3 is 2.43 bits per heavy atom. The van der Waals surface area contributed by atoms with Gasteiger partial charge in [-0.25, -0.2) is 21.9 Å². The van der Waals surface area contributed by atoms with Crippen LogP contribution in [0.2, 0.25) is 0 Å². The monoisotopic (exact) mass is 411 g/mol. The number of benzene rings is 2. The molecule has 2 rings (SSSR count). The number of anilines is 1. The van der Waals surface area contributed by atoms with E-state index in [0.29, 0.717) is 12.6 Å². The van der Waals surface area contributed by atoms with Gasteiger partial charge in [0.1, 0.15) is 0 Å². The number of hydrogen-bond acceptors (Lipinski definition) is 4. The van der Waals surface area contributed by atoms with Gasteiger partial charge in [0.25, 0.3) is 0 Å². The van der Waals surface area contributed by atoms with E-state index in [9.17, 15) is 22.0 Å². The fourth-order valence-electron chi connectivity index (χ4n) is 2.47. The van der Waals surface area contributed by atoms with E-state index in [0.717, 1.165) is 30.8 Å². The van der Waals surface area contributed by atoms with Crippen LogP contribution >= 0.6 is 0 Å². The van der Waals surface area contributed by atoms with E-state index in [1.54, 1.807) is 0 Å². The summed E-state index contributed by atoms with van der Waals surface area (Å²) < 4.78 is 52.3. The van der Waals surface area contributed by atoms with Gasteiger partial charge in [0.15, 0.2) is 11.6 Å². The molecule has 0 aliphatic rings. The maximum Gasteiger partial charge on any atom is 0.240 e. The summed E-state index contributed by atoms with van der Waals surface area (Å²) in [4.78, 5) is 13.5. The Morgan fingerprint density at radius 2 is 1.75 bits per heavy atom. The lowest BCUT2D eigenvalue weighted by Crippen LogP contribution is -2.32. The van der Waals surface area contributed by atoms with Crippen LogP contribution in [0.15, 0.2) is 53.4 Å². The first-order valence-corrected chi connectivity index (χ1v) is 10.3. The average molecular weight is 411 g/mol. The molecule has 0 saturated heterocycles. The number of nitrogens with one attached hydrogen (secondary N) is 2. The van der Waals surface area contributed by atoms with Crippen LogP contribution in [0.5, 0.6) is 0 Å². The number of carbonyl (C=O) groups excluding carboxylic acids is 1. The van der Waals surface area contributed by atoms with Gasteiger partial charge in [0.05, 0.1) is 4.90 Å². The molecule has 6 nitrogen and oxygen atoms in total. The summed E-state index contributed by atoms with van der Waals surface area (Å²) in [5, 5.41) is 2.72. The molecule has 0 unspecified atom stereocenters. The number of para-hydroxylation sites is 1. The highest BCUT2D eigenvalue weighted by molar-refractivity contribution is 7.89. The molecule has 0 aliphatic carbocycles. The van der Waals surface area contributed by atoms with Crippen LogP contribution in [0.25, 0.3) is 0 Å². The van der Waals surface area contributed by atoms with Gasteiger partial charge in [0.2, 0.25) is 15.9 Å². The van der Waals surface area contributed by atoms with E-state index in [1.807, 2.05) is 37.4 Å². The van der Waals surface area contributed by atoms with Crippen molar-refractivity contribution in [3.63, 3.8) is 0 Å². The summed E-state index contributed by atoms with van der Waals surface area (Å²) in [6.45, 7) is 1.08. The predicted molar refractivity (Wildman–Crippen MR) is 104 cm³/mol. The molecule has 0 atom stereocenters. The van der Waals surface area contributed by atoms with E-state index >= 15 is 0 Å². The molecule has 9 heteroatoms. The van der Waals surface area contributed by atoms with Crippen LogP contribution in [0.3, 0.4) is 0 Å². The van der Waals surface area contributed by atoms with Gasteiger partial charge < -0.3 is 10.2 Å². The highest BCUT2D eigenvalue weighted by Crippen LogP contribution is 2.13. The Labute approximate surface area is 163 Å². The van der Waals surface area contributed by atoms with Crippen molar-refractivity contribution in [1.29, 1.82) is 0 Å². The zero-order chi connectivity index (χ0) is 20.6. The fraction of sp³-hybridized carbons (Fsp3) is 0.316. The lowest BCUT2D eigenvalue weighted by Gasteiger charge is -2.19. The van der Waals surface area contributed by atoms with Gasteiger partial charge in [-0.3, -0.25) is 4.79 Å². The summed E-state index contributed by atoms with van der Waals surface area (Å²) in [7, 11) is -2.04. The number of rotatable bonds is 10. The molecular formula is C19H23F2N3O3S. The highest BCUT2D eigenvalue weighted by Gasteiger charge is 2.16. The van der Waals surface area contributed by atoms with Crippen LogP contribution in [0.1, 0.15) is 12.8 Å². The average Bonchev–Trinajstić information content (AvgIpc) is 2.67. The van der Waals surface area contributed by atoms with Crippen LogP contribution in [-0.4, -0.2) is 41.0 Å². The molecule has 0 aromatic heterocycles. The molecule has 28 heavy (non-hydrogen) atoms. The molecule has 0 bridgehead atoms. The normalized spacial score (nSPS) is 11.2. The molecule has 2 N–H and O–H groups in total. The highest BCUT2D eigenvalue weighted by atomic mass is 32.2. The lowest BCUT2D eigenvalue weighted by atomic mass is 10.3. The Bertz CT molecular complexity index is 893. The third-order valence-electron chi connectivity index (χ3n) is 4.03. The predicted octanol–water partition coefficient (Wildman–Crippen LogP) is 2.28. The Hall–Kier alpha value is -2.52. The van der Waals surface area contributed by atoms with E-state index < -0.39 is 26.6 Å². The second kappa shape index (κ2) is 10.1. The van der Waals surface area contributed by atoms with E-state index in [1.165, 1.54) is 0 Å². The second-order valence-electron chi connectivity index (χ2n) is 6.18. The summed E-state index contributed by atoms with van der Waals surface area (Å²) >= 11 is 0. The third kappa shape index (κ3) is 6.58. The van der Waals surface area contributed by atoms with Gasteiger partial charge in [0, 0.05) is 38.8 Å². The van der Waals surface area contributed by atoms with Crippen molar-refractivity contribution < 1.29 is 22.0 Å². The molecule has 2 aromatic carbocycles. The molecule has 1 amide bonds. The smallest absolute Gasteiger partial charge is 0.240 e.